The van der Waals surface area contributed by atoms with Crippen LogP contribution in [0.3, 0.4) is 0 Å². The maximum absolute atomic E-state index is 10.7. The SMILES string of the molecule is O=C(O)CCCN1CCCC1COc1ccc(CC2=CC=C(c3ccccc3)C2)cc1. The van der Waals surface area contributed by atoms with Gasteiger partial charge in [0.05, 0.1) is 0 Å². The van der Waals surface area contributed by atoms with Crippen LogP contribution in [0.15, 0.2) is 72.3 Å². The molecule has 162 valence electrons. The minimum atomic E-state index is -0.715. The zero-order valence-electron chi connectivity index (χ0n) is 18.0. The molecular weight excluding hydrogens is 386 g/mol. The first kappa shape index (κ1) is 21.4. The molecule has 0 amide bonds. The van der Waals surface area contributed by atoms with Crippen LogP contribution < -0.4 is 4.74 Å². The summed E-state index contributed by atoms with van der Waals surface area (Å²) in [6.07, 6.45) is 9.71. The Morgan fingerprint density at radius 2 is 1.87 bits per heavy atom. The maximum atomic E-state index is 10.7. The third kappa shape index (κ3) is 6.08. The molecule has 1 aliphatic carbocycles. The van der Waals surface area contributed by atoms with E-state index in [4.69, 9.17) is 9.84 Å². The van der Waals surface area contributed by atoms with Gasteiger partial charge in [-0.1, -0.05) is 60.2 Å². The summed E-state index contributed by atoms with van der Waals surface area (Å²) in [6, 6.07) is 19.4. The van der Waals surface area contributed by atoms with E-state index >= 15 is 0 Å². The Balaban J connectivity index is 1.22. The summed E-state index contributed by atoms with van der Waals surface area (Å²) in [7, 11) is 0. The Bertz CT molecular complexity index is 931. The van der Waals surface area contributed by atoms with Gasteiger partial charge in [-0.3, -0.25) is 9.69 Å². The zero-order chi connectivity index (χ0) is 21.5. The van der Waals surface area contributed by atoms with Gasteiger partial charge in [-0.25, -0.2) is 0 Å². The molecule has 0 bridgehead atoms. The van der Waals surface area contributed by atoms with Crippen molar-refractivity contribution in [2.24, 2.45) is 0 Å². The van der Waals surface area contributed by atoms with Crippen LogP contribution in [-0.2, 0) is 11.2 Å². The minimum absolute atomic E-state index is 0.240. The van der Waals surface area contributed by atoms with Crippen LogP contribution >= 0.6 is 0 Å². The Labute approximate surface area is 184 Å². The predicted octanol–water partition coefficient (Wildman–Crippen LogP) is 5.35. The van der Waals surface area contributed by atoms with Gasteiger partial charge in [-0.05, 0) is 74.0 Å². The Hall–Kier alpha value is -2.85. The van der Waals surface area contributed by atoms with Gasteiger partial charge < -0.3 is 9.84 Å². The van der Waals surface area contributed by atoms with E-state index in [2.05, 4.69) is 71.6 Å². The Kier molecular flexibility index (Phi) is 7.21. The van der Waals surface area contributed by atoms with Crippen LogP contribution in [0.5, 0.6) is 5.75 Å². The molecule has 0 aromatic heterocycles. The number of rotatable bonds is 10. The molecule has 1 aliphatic heterocycles. The van der Waals surface area contributed by atoms with Crippen molar-refractivity contribution in [1.82, 2.24) is 4.90 Å². The van der Waals surface area contributed by atoms with E-state index in [0.717, 1.165) is 44.5 Å². The van der Waals surface area contributed by atoms with Crippen molar-refractivity contribution in [3.05, 3.63) is 83.4 Å². The molecule has 2 aromatic rings. The Morgan fingerprint density at radius 3 is 2.65 bits per heavy atom. The van der Waals surface area contributed by atoms with Crippen LogP contribution in [0.25, 0.3) is 5.57 Å². The average molecular weight is 418 g/mol. The average Bonchev–Trinajstić information content (AvgIpc) is 3.43. The lowest BCUT2D eigenvalue weighted by molar-refractivity contribution is -0.137. The van der Waals surface area contributed by atoms with Gasteiger partial charge in [0.25, 0.3) is 0 Å². The molecule has 0 spiro atoms. The van der Waals surface area contributed by atoms with Crippen molar-refractivity contribution in [3.8, 4) is 5.75 Å². The first-order chi connectivity index (χ1) is 15.2. The van der Waals surface area contributed by atoms with Crippen molar-refractivity contribution in [2.45, 2.75) is 44.6 Å². The van der Waals surface area contributed by atoms with Gasteiger partial charge in [-0.15, -0.1) is 0 Å². The van der Waals surface area contributed by atoms with E-state index in [-0.39, 0.29) is 6.42 Å². The summed E-state index contributed by atoms with van der Waals surface area (Å²) < 4.78 is 6.06. The van der Waals surface area contributed by atoms with Gasteiger partial charge in [0.1, 0.15) is 12.4 Å². The largest absolute Gasteiger partial charge is 0.492 e. The highest BCUT2D eigenvalue weighted by atomic mass is 16.5. The molecule has 2 aliphatic rings. The molecule has 2 aromatic carbocycles. The molecule has 31 heavy (non-hydrogen) atoms. The lowest BCUT2D eigenvalue weighted by Gasteiger charge is -2.24. The van der Waals surface area contributed by atoms with Gasteiger partial charge in [0.15, 0.2) is 0 Å². The summed E-state index contributed by atoms with van der Waals surface area (Å²) in [6.45, 7) is 2.55. The minimum Gasteiger partial charge on any atom is -0.492 e. The van der Waals surface area contributed by atoms with E-state index in [9.17, 15) is 4.79 Å². The molecule has 1 unspecified atom stereocenters. The second kappa shape index (κ2) is 10.5. The molecule has 1 atom stereocenters. The zero-order valence-corrected chi connectivity index (χ0v) is 18.0. The van der Waals surface area contributed by atoms with Crippen molar-refractivity contribution < 1.29 is 14.6 Å². The van der Waals surface area contributed by atoms with Crippen LogP contribution in [0.2, 0.25) is 0 Å². The standard InChI is InChI=1S/C27H31NO3/c29-27(30)9-5-17-28-16-4-8-25(28)20-31-26-14-11-21(12-15-26)18-22-10-13-24(19-22)23-6-2-1-3-7-23/h1-3,6-7,10-15,25H,4-5,8-9,16-20H2,(H,29,30). The fourth-order valence-electron chi connectivity index (χ4n) is 4.52. The van der Waals surface area contributed by atoms with E-state index in [1.807, 2.05) is 0 Å². The molecule has 4 nitrogen and oxygen atoms in total. The van der Waals surface area contributed by atoms with E-state index in [1.165, 1.54) is 22.3 Å². The summed E-state index contributed by atoms with van der Waals surface area (Å²) in [5.41, 5.74) is 5.44. The highest BCUT2D eigenvalue weighted by Crippen LogP contribution is 2.30. The first-order valence-corrected chi connectivity index (χ1v) is 11.3. The lowest BCUT2D eigenvalue weighted by Crippen LogP contribution is -2.35. The van der Waals surface area contributed by atoms with Crippen LogP contribution in [0.4, 0.5) is 0 Å². The smallest absolute Gasteiger partial charge is 0.303 e. The number of allylic oxidation sites excluding steroid dienone is 4. The van der Waals surface area contributed by atoms with Gasteiger partial charge in [0, 0.05) is 12.5 Å². The third-order valence-corrected chi connectivity index (χ3v) is 6.21. The summed E-state index contributed by atoms with van der Waals surface area (Å²) >= 11 is 0. The lowest BCUT2D eigenvalue weighted by atomic mass is 9.99. The van der Waals surface area contributed by atoms with Crippen molar-refractivity contribution in [2.75, 3.05) is 19.7 Å². The van der Waals surface area contributed by atoms with Gasteiger partial charge in [0.2, 0.25) is 0 Å². The molecule has 1 saturated heterocycles. The second-order valence-electron chi connectivity index (χ2n) is 8.52. The first-order valence-electron chi connectivity index (χ1n) is 11.3. The number of nitrogens with zero attached hydrogens (tertiary/aromatic N) is 1. The van der Waals surface area contributed by atoms with Crippen molar-refractivity contribution in [1.29, 1.82) is 0 Å². The highest BCUT2D eigenvalue weighted by Gasteiger charge is 2.24. The van der Waals surface area contributed by atoms with Gasteiger partial charge in [-0.2, -0.15) is 0 Å². The van der Waals surface area contributed by atoms with Crippen LogP contribution in [-0.4, -0.2) is 41.7 Å². The number of ether oxygens (including phenoxy) is 1. The summed E-state index contributed by atoms with van der Waals surface area (Å²) in [5, 5.41) is 8.83. The molecule has 0 radical (unpaired) electrons. The molecule has 1 heterocycles. The normalized spacial score (nSPS) is 18.6. The van der Waals surface area contributed by atoms with Crippen molar-refractivity contribution >= 4 is 11.5 Å². The van der Waals surface area contributed by atoms with Crippen LogP contribution in [0, 0.1) is 0 Å². The molecule has 1 fully saturated rings. The monoisotopic (exact) mass is 417 g/mol. The summed E-state index contributed by atoms with van der Waals surface area (Å²) in [4.78, 5) is 13.1. The number of hydrogen-bond donors (Lipinski definition) is 1. The molecule has 1 N–H and O–H groups in total. The maximum Gasteiger partial charge on any atom is 0.303 e. The third-order valence-electron chi connectivity index (χ3n) is 6.21. The van der Waals surface area contributed by atoms with E-state index in [1.54, 1.807) is 0 Å². The highest BCUT2D eigenvalue weighted by molar-refractivity contribution is 5.72. The number of carboxylic acids is 1. The fourth-order valence-corrected chi connectivity index (χ4v) is 4.52. The van der Waals surface area contributed by atoms with E-state index in [0.29, 0.717) is 19.1 Å². The number of likely N-dealkylation sites (tertiary alicyclic amines) is 1. The number of hydrogen-bond acceptors (Lipinski definition) is 3. The Morgan fingerprint density at radius 1 is 1.06 bits per heavy atom. The topological polar surface area (TPSA) is 49.8 Å². The molecular formula is C27H31NO3. The van der Waals surface area contributed by atoms with Gasteiger partial charge >= 0.3 is 5.97 Å². The van der Waals surface area contributed by atoms with Crippen molar-refractivity contribution in [3.63, 3.8) is 0 Å². The summed E-state index contributed by atoms with van der Waals surface area (Å²) in [5.74, 6) is 0.192. The fraction of sp³-hybridized carbons (Fsp3) is 0.370. The second-order valence-corrected chi connectivity index (χ2v) is 8.52. The quantitative estimate of drug-likeness (QED) is 0.566. The molecule has 4 heteroatoms. The number of carbonyl (C=O) groups is 1. The number of carboxylic acid groups (broad SMARTS) is 1. The molecule has 0 saturated carbocycles. The van der Waals surface area contributed by atoms with E-state index < -0.39 is 5.97 Å². The van der Waals surface area contributed by atoms with Crippen LogP contribution in [0.1, 0.15) is 43.2 Å². The number of aliphatic carboxylic acids is 1. The predicted molar refractivity (Wildman–Crippen MR) is 124 cm³/mol. The number of benzene rings is 2. The molecule has 4 rings (SSSR count).